The lowest BCUT2D eigenvalue weighted by molar-refractivity contribution is -0.123. The van der Waals surface area contributed by atoms with Gasteiger partial charge in [0, 0.05) is 20.0 Å². The number of nitrogens with two attached hydrogens (primary N) is 1. The smallest absolute Gasteiger partial charge is 0.270 e. The normalized spacial score (nSPS) is 16.0. The number of hydrazone groups is 1. The van der Waals surface area contributed by atoms with Gasteiger partial charge in [0.15, 0.2) is 0 Å². The second kappa shape index (κ2) is 7.90. The van der Waals surface area contributed by atoms with E-state index in [0.717, 1.165) is 17.0 Å². The van der Waals surface area contributed by atoms with Gasteiger partial charge in [-0.3, -0.25) is 14.6 Å². The first-order chi connectivity index (χ1) is 13.0. The minimum atomic E-state index is -0.666. The molecule has 0 spiro atoms. The van der Waals surface area contributed by atoms with Gasteiger partial charge >= 0.3 is 0 Å². The van der Waals surface area contributed by atoms with E-state index in [-0.39, 0.29) is 12.3 Å². The number of carbonyl (C=O) groups is 2. The predicted molar refractivity (Wildman–Crippen MR) is 103 cm³/mol. The van der Waals surface area contributed by atoms with Crippen molar-refractivity contribution >= 4 is 23.2 Å². The summed E-state index contributed by atoms with van der Waals surface area (Å²) < 4.78 is 5.14. The molecule has 2 N–H and O–H groups in total. The summed E-state index contributed by atoms with van der Waals surface area (Å²) in [5, 5.41) is 5.91. The Labute approximate surface area is 158 Å². The van der Waals surface area contributed by atoms with Gasteiger partial charge in [-0.05, 0) is 29.8 Å². The van der Waals surface area contributed by atoms with Crippen molar-refractivity contribution in [3.8, 4) is 5.75 Å². The van der Waals surface area contributed by atoms with Gasteiger partial charge in [-0.15, -0.1) is 0 Å². The fraction of sp³-hybridized carbons (Fsp3) is 0.250. The third-order valence-electron chi connectivity index (χ3n) is 4.43. The number of rotatable bonds is 6. The molecule has 27 heavy (non-hydrogen) atoms. The number of nitrogens with zero attached hydrogens (tertiary/aromatic N) is 3. The van der Waals surface area contributed by atoms with E-state index in [0.29, 0.717) is 12.3 Å². The monoisotopic (exact) mass is 366 g/mol. The van der Waals surface area contributed by atoms with Crippen LogP contribution in [-0.4, -0.2) is 42.6 Å². The first-order valence-corrected chi connectivity index (χ1v) is 8.59. The van der Waals surface area contributed by atoms with Crippen LogP contribution in [0.2, 0.25) is 0 Å². The average molecular weight is 366 g/mol. The second-order valence-corrected chi connectivity index (χ2v) is 6.36. The lowest BCUT2D eigenvalue weighted by atomic mass is 10.1. The van der Waals surface area contributed by atoms with E-state index in [1.54, 1.807) is 19.1 Å². The van der Waals surface area contributed by atoms with Crippen molar-refractivity contribution in [2.45, 2.75) is 19.0 Å². The predicted octanol–water partition coefficient (Wildman–Crippen LogP) is 1.77. The first-order valence-electron chi connectivity index (χ1n) is 8.59. The molecule has 1 aliphatic heterocycles. The van der Waals surface area contributed by atoms with Crippen molar-refractivity contribution in [1.82, 2.24) is 4.90 Å². The lowest BCUT2D eigenvalue weighted by Gasteiger charge is -2.20. The molecule has 0 bridgehead atoms. The summed E-state index contributed by atoms with van der Waals surface area (Å²) in [6.07, 6.45) is 0.190. The van der Waals surface area contributed by atoms with Gasteiger partial charge in [0.25, 0.3) is 5.91 Å². The van der Waals surface area contributed by atoms with Crippen molar-refractivity contribution in [3.05, 3.63) is 60.2 Å². The van der Waals surface area contributed by atoms with Crippen LogP contribution in [0.3, 0.4) is 0 Å². The molecule has 1 heterocycles. The fourth-order valence-corrected chi connectivity index (χ4v) is 2.98. The highest BCUT2D eigenvalue weighted by Gasteiger charge is 2.35. The average Bonchev–Trinajstić information content (AvgIpc) is 3.14. The minimum absolute atomic E-state index is 0.190. The number of para-hydroxylation sites is 1. The number of hydrogen-bond acceptors (Lipinski definition) is 5. The summed E-state index contributed by atoms with van der Waals surface area (Å²) in [4.78, 5) is 26.2. The van der Waals surface area contributed by atoms with Crippen LogP contribution in [0.15, 0.2) is 59.7 Å². The van der Waals surface area contributed by atoms with E-state index in [9.17, 15) is 9.59 Å². The van der Waals surface area contributed by atoms with E-state index in [1.807, 2.05) is 54.6 Å². The van der Waals surface area contributed by atoms with Crippen LogP contribution in [-0.2, 0) is 16.1 Å². The maximum atomic E-state index is 12.8. The van der Waals surface area contributed by atoms with Crippen molar-refractivity contribution in [2.24, 2.45) is 10.8 Å². The molecule has 1 unspecified atom stereocenters. The number of hydrogen-bond donors (Lipinski definition) is 1. The Balaban J connectivity index is 1.75. The van der Waals surface area contributed by atoms with Crippen LogP contribution >= 0.6 is 0 Å². The number of amides is 2. The summed E-state index contributed by atoms with van der Waals surface area (Å²) in [6, 6.07) is 16.1. The summed E-state index contributed by atoms with van der Waals surface area (Å²) in [7, 11) is 3.32. The van der Waals surface area contributed by atoms with Gasteiger partial charge in [0.1, 0.15) is 17.5 Å². The zero-order chi connectivity index (χ0) is 19.4. The Bertz CT molecular complexity index is 849. The summed E-state index contributed by atoms with van der Waals surface area (Å²) in [5.74, 6) is 0.0226. The Hall–Kier alpha value is -3.35. The SMILES string of the molecule is COc1ccc(CN(C)C(=O)C2=NN(c3ccccc3)C(C(N)=O)C2)cc1. The maximum Gasteiger partial charge on any atom is 0.270 e. The molecule has 7 heteroatoms. The van der Waals surface area contributed by atoms with Crippen molar-refractivity contribution in [2.75, 3.05) is 19.2 Å². The number of primary amides is 1. The van der Waals surface area contributed by atoms with Gasteiger partial charge in [-0.2, -0.15) is 5.10 Å². The summed E-state index contributed by atoms with van der Waals surface area (Å²) in [6.45, 7) is 0.425. The lowest BCUT2D eigenvalue weighted by Crippen LogP contribution is -2.40. The highest BCUT2D eigenvalue weighted by atomic mass is 16.5. The van der Waals surface area contributed by atoms with Crippen LogP contribution < -0.4 is 15.5 Å². The van der Waals surface area contributed by atoms with Crippen molar-refractivity contribution in [3.63, 3.8) is 0 Å². The molecule has 0 radical (unpaired) electrons. The third-order valence-corrected chi connectivity index (χ3v) is 4.43. The number of ether oxygens (including phenoxy) is 1. The molecule has 7 nitrogen and oxygen atoms in total. The quantitative estimate of drug-likeness (QED) is 0.844. The van der Waals surface area contributed by atoms with E-state index in [2.05, 4.69) is 5.10 Å². The molecular weight excluding hydrogens is 344 g/mol. The molecule has 3 rings (SSSR count). The largest absolute Gasteiger partial charge is 0.497 e. The summed E-state index contributed by atoms with van der Waals surface area (Å²) in [5.41, 5.74) is 7.54. The highest BCUT2D eigenvalue weighted by Crippen LogP contribution is 2.25. The molecule has 0 saturated carbocycles. The van der Waals surface area contributed by atoms with Crippen molar-refractivity contribution < 1.29 is 14.3 Å². The molecule has 1 atom stereocenters. The fourth-order valence-electron chi connectivity index (χ4n) is 2.98. The van der Waals surface area contributed by atoms with Crippen LogP contribution in [0, 0.1) is 0 Å². The number of anilines is 1. The first kappa shape index (κ1) is 18.4. The Morgan fingerprint density at radius 1 is 1.19 bits per heavy atom. The van der Waals surface area contributed by atoms with E-state index >= 15 is 0 Å². The Morgan fingerprint density at radius 3 is 2.44 bits per heavy atom. The number of carbonyl (C=O) groups excluding carboxylic acids is 2. The zero-order valence-corrected chi connectivity index (χ0v) is 15.3. The van der Waals surface area contributed by atoms with Crippen molar-refractivity contribution in [1.29, 1.82) is 0 Å². The molecule has 2 aromatic carbocycles. The molecule has 0 aromatic heterocycles. The summed E-state index contributed by atoms with van der Waals surface area (Å²) >= 11 is 0. The maximum absolute atomic E-state index is 12.8. The van der Waals surface area contributed by atoms with Gasteiger partial charge in [-0.1, -0.05) is 30.3 Å². The standard InChI is InChI=1S/C20H22N4O3/c1-23(13-14-8-10-16(27-2)11-9-14)20(26)17-12-18(19(21)25)24(22-17)15-6-4-3-5-7-15/h3-11,18H,12-13H2,1-2H3,(H2,21,25). The third kappa shape index (κ3) is 4.08. The second-order valence-electron chi connectivity index (χ2n) is 6.36. The number of methoxy groups -OCH3 is 1. The van der Waals surface area contributed by atoms with Crippen LogP contribution in [0.25, 0.3) is 0 Å². The molecule has 2 aromatic rings. The Morgan fingerprint density at radius 2 is 1.85 bits per heavy atom. The molecule has 0 saturated heterocycles. The van der Waals surface area contributed by atoms with Gasteiger partial charge < -0.3 is 15.4 Å². The van der Waals surface area contributed by atoms with Crippen LogP contribution in [0.5, 0.6) is 5.75 Å². The molecular formula is C20H22N4O3. The van der Waals surface area contributed by atoms with E-state index in [1.165, 1.54) is 5.01 Å². The van der Waals surface area contributed by atoms with Crippen LogP contribution in [0.4, 0.5) is 5.69 Å². The number of benzene rings is 2. The van der Waals surface area contributed by atoms with E-state index < -0.39 is 11.9 Å². The molecule has 1 aliphatic rings. The molecule has 2 amide bonds. The van der Waals surface area contributed by atoms with Crippen LogP contribution in [0.1, 0.15) is 12.0 Å². The topological polar surface area (TPSA) is 88.2 Å². The van der Waals surface area contributed by atoms with Gasteiger partial charge in [0.2, 0.25) is 5.91 Å². The molecule has 0 aliphatic carbocycles. The minimum Gasteiger partial charge on any atom is -0.497 e. The zero-order valence-electron chi connectivity index (χ0n) is 15.3. The molecule has 140 valence electrons. The Kier molecular flexibility index (Phi) is 5.40. The van der Waals surface area contributed by atoms with E-state index in [4.69, 9.17) is 10.5 Å². The highest BCUT2D eigenvalue weighted by molar-refractivity contribution is 6.40. The van der Waals surface area contributed by atoms with Gasteiger partial charge in [0.05, 0.1) is 12.8 Å². The molecule has 0 fully saturated rings. The van der Waals surface area contributed by atoms with Gasteiger partial charge in [-0.25, -0.2) is 0 Å².